The Hall–Kier alpha value is -2.34. The first-order valence-electron chi connectivity index (χ1n) is 7.14. The highest BCUT2D eigenvalue weighted by molar-refractivity contribution is 9.10. The van der Waals surface area contributed by atoms with E-state index >= 15 is 0 Å². The van der Waals surface area contributed by atoms with Crippen molar-refractivity contribution in [3.8, 4) is 5.75 Å². The van der Waals surface area contributed by atoms with Crippen molar-refractivity contribution in [1.82, 2.24) is 9.55 Å². The third-order valence-electron chi connectivity index (χ3n) is 3.73. The van der Waals surface area contributed by atoms with Gasteiger partial charge in [0.15, 0.2) is 0 Å². The standard InChI is InChI=1S/C17H15BrN2O3/c1-23-13-5-2-11(3-6-13)8-9-20-16(21)14-10-12(18)4-7-15(14)19-17(20)22/h2-7,10H,8-9H2,1H3,(H,19,22). The maximum absolute atomic E-state index is 12.5. The molecule has 0 aliphatic rings. The lowest BCUT2D eigenvalue weighted by molar-refractivity contribution is 0.414. The van der Waals surface area contributed by atoms with Gasteiger partial charge in [-0.25, -0.2) is 4.79 Å². The van der Waals surface area contributed by atoms with Crippen molar-refractivity contribution in [3.05, 3.63) is 73.3 Å². The Balaban J connectivity index is 1.93. The third-order valence-corrected chi connectivity index (χ3v) is 4.22. The van der Waals surface area contributed by atoms with E-state index in [9.17, 15) is 9.59 Å². The Labute approximate surface area is 140 Å². The van der Waals surface area contributed by atoms with Crippen molar-refractivity contribution in [2.45, 2.75) is 13.0 Å². The van der Waals surface area contributed by atoms with E-state index in [4.69, 9.17) is 4.74 Å². The lowest BCUT2D eigenvalue weighted by Crippen LogP contribution is -2.35. The summed E-state index contributed by atoms with van der Waals surface area (Å²) in [7, 11) is 1.61. The van der Waals surface area contributed by atoms with Gasteiger partial charge in [-0.1, -0.05) is 28.1 Å². The quantitative estimate of drug-likeness (QED) is 0.763. The second-order valence-electron chi connectivity index (χ2n) is 5.17. The van der Waals surface area contributed by atoms with Gasteiger partial charge in [0.1, 0.15) is 5.75 Å². The maximum atomic E-state index is 12.5. The van der Waals surface area contributed by atoms with Crippen LogP contribution in [-0.4, -0.2) is 16.7 Å². The van der Waals surface area contributed by atoms with Gasteiger partial charge in [0.25, 0.3) is 5.56 Å². The predicted molar refractivity (Wildman–Crippen MR) is 93.2 cm³/mol. The van der Waals surface area contributed by atoms with E-state index < -0.39 is 5.69 Å². The van der Waals surface area contributed by atoms with Crippen LogP contribution in [0.3, 0.4) is 0 Å². The molecular weight excluding hydrogens is 360 g/mol. The van der Waals surface area contributed by atoms with Crippen molar-refractivity contribution in [2.24, 2.45) is 0 Å². The van der Waals surface area contributed by atoms with Gasteiger partial charge in [0.05, 0.1) is 18.0 Å². The second kappa shape index (κ2) is 6.42. The van der Waals surface area contributed by atoms with Gasteiger partial charge in [-0.3, -0.25) is 9.36 Å². The highest BCUT2D eigenvalue weighted by Crippen LogP contribution is 2.14. The number of aromatic nitrogens is 2. The first-order chi connectivity index (χ1) is 11.1. The van der Waals surface area contributed by atoms with Gasteiger partial charge in [0, 0.05) is 11.0 Å². The second-order valence-corrected chi connectivity index (χ2v) is 6.09. The van der Waals surface area contributed by atoms with E-state index in [1.165, 1.54) is 4.57 Å². The molecule has 0 fully saturated rings. The molecule has 1 aromatic heterocycles. The van der Waals surface area contributed by atoms with E-state index in [2.05, 4.69) is 20.9 Å². The van der Waals surface area contributed by atoms with Gasteiger partial charge in [0.2, 0.25) is 0 Å². The number of benzene rings is 2. The Kier molecular flexibility index (Phi) is 4.34. The number of hydrogen-bond donors (Lipinski definition) is 1. The normalized spacial score (nSPS) is 10.9. The first-order valence-corrected chi connectivity index (χ1v) is 7.93. The summed E-state index contributed by atoms with van der Waals surface area (Å²) in [4.78, 5) is 27.4. The summed E-state index contributed by atoms with van der Waals surface area (Å²) < 4.78 is 7.15. The van der Waals surface area contributed by atoms with E-state index in [0.29, 0.717) is 23.9 Å². The van der Waals surface area contributed by atoms with Crippen LogP contribution < -0.4 is 16.0 Å². The number of rotatable bonds is 4. The zero-order valence-electron chi connectivity index (χ0n) is 12.5. The van der Waals surface area contributed by atoms with Crippen LogP contribution >= 0.6 is 15.9 Å². The van der Waals surface area contributed by atoms with Crippen molar-refractivity contribution in [2.75, 3.05) is 7.11 Å². The molecule has 3 rings (SSSR count). The first kappa shape index (κ1) is 15.6. The number of aromatic amines is 1. The Bertz CT molecular complexity index is 958. The number of hydrogen-bond acceptors (Lipinski definition) is 3. The SMILES string of the molecule is COc1ccc(CCn2c(=O)[nH]c3ccc(Br)cc3c2=O)cc1. The van der Waals surface area contributed by atoms with Crippen LogP contribution in [0.1, 0.15) is 5.56 Å². The molecule has 5 nitrogen and oxygen atoms in total. The van der Waals surface area contributed by atoms with Gasteiger partial charge in [-0.05, 0) is 42.3 Å². The van der Waals surface area contributed by atoms with Crippen molar-refractivity contribution >= 4 is 26.8 Å². The summed E-state index contributed by atoms with van der Waals surface area (Å²) in [5, 5.41) is 0.494. The van der Waals surface area contributed by atoms with Gasteiger partial charge < -0.3 is 9.72 Å². The summed E-state index contributed by atoms with van der Waals surface area (Å²) >= 11 is 3.35. The summed E-state index contributed by atoms with van der Waals surface area (Å²) in [5.74, 6) is 0.777. The fourth-order valence-electron chi connectivity index (χ4n) is 2.46. The van der Waals surface area contributed by atoms with Crippen LogP contribution in [0.4, 0.5) is 0 Å². The molecule has 0 radical (unpaired) electrons. The van der Waals surface area contributed by atoms with E-state index in [1.807, 2.05) is 24.3 Å². The molecule has 23 heavy (non-hydrogen) atoms. The van der Waals surface area contributed by atoms with Crippen LogP contribution in [0, 0.1) is 0 Å². The number of fused-ring (bicyclic) bond motifs is 1. The molecule has 0 amide bonds. The monoisotopic (exact) mass is 374 g/mol. The summed E-state index contributed by atoms with van der Waals surface area (Å²) in [5.41, 5.74) is 0.909. The largest absolute Gasteiger partial charge is 0.497 e. The van der Waals surface area contributed by atoms with E-state index in [-0.39, 0.29) is 5.56 Å². The summed E-state index contributed by atoms with van der Waals surface area (Å²) in [6.45, 7) is 0.322. The average molecular weight is 375 g/mol. The number of nitrogens with one attached hydrogen (secondary N) is 1. The number of aryl methyl sites for hydroxylation is 1. The molecule has 0 saturated heterocycles. The number of methoxy groups -OCH3 is 1. The molecule has 0 saturated carbocycles. The smallest absolute Gasteiger partial charge is 0.328 e. The number of H-pyrrole nitrogens is 1. The molecule has 118 valence electrons. The average Bonchev–Trinajstić information content (AvgIpc) is 2.56. The summed E-state index contributed by atoms with van der Waals surface area (Å²) in [6, 6.07) is 12.8. The molecule has 0 spiro atoms. The van der Waals surface area contributed by atoms with Gasteiger partial charge in [-0.2, -0.15) is 0 Å². The minimum absolute atomic E-state index is 0.279. The van der Waals surface area contributed by atoms with Crippen LogP contribution in [0.15, 0.2) is 56.5 Å². The zero-order valence-corrected chi connectivity index (χ0v) is 14.1. The fraction of sp³-hybridized carbons (Fsp3) is 0.176. The van der Waals surface area contributed by atoms with Crippen molar-refractivity contribution in [3.63, 3.8) is 0 Å². The van der Waals surface area contributed by atoms with Crippen LogP contribution in [-0.2, 0) is 13.0 Å². The maximum Gasteiger partial charge on any atom is 0.328 e. The molecule has 3 aromatic rings. The molecule has 2 aromatic carbocycles. The van der Waals surface area contributed by atoms with E-state index in [0.717, 1.165) is 15.8 Å². The van der Waals surface area contributed by atoms with Crippen LogP contribution in [0.25, 0.3) is 10.9 Å². The molecule has 0 aliphatic heterocycles. The molecule has 1 heterocycles. The Morgan fingerprint density at radius 1 is 1.13 bits per heavy atom. The zero-order chi connectivity index (χ0) is 16.4. The van der Waals surface area contributed by atoms with E-state index in [1.54, 1.807) is 25.3 Å². The molecule has 0 aliphatic carbocycles. The molecular formula is C17H15BrN2O3. The molecule has 6 heteroatoms. The minimum atomic E-state index is -0.390. The third kappa shape index (κ3) is 3.22. The molecule has 0 unspecified atom stereocenters. The topological polar surface area (TPSA) is 64.1 Å². The Morgan fingerprint density at radius 2 is 1.87 bits per heavy atom. The summed E-state index contributed by atoms with van der Waals surface area (Å²) in [6.07, 6.45) is 0.590. The van der Waals surface area contributed by atoms with Crippen molar-refractivity contribution in [1.29, 1.82) is 0 Å². The molecule has 0 bridgehead atoms. The fourth-order valence-corrected chi connectivity index (χ4v) is 2.82. The number of halogens is 1. The molecule has 0 atom stereocenters. The van der Waals surface area contributed by atoms with Gasteiger partial charge >= 0.3 is 5.69 Å². The minimum Gasteiger partial charge on any atom is -0.497 e. The van der Waals surface area contributed by atoms with Gasteiger partial charge in [-0.15, -0.1) is 0 Å². The van der Waals surface area contributed by atoms with Crippen molar-refractivity contribution < 1.29 is 4.74 Å². The van der Waals surface area contributed by atoms with Crippen LogP contribution in [0.5, 0.6) is 5.75 Å². The lowest BCUT2D eigenvalue weighted by atomic mass is 10.1. The molecule has 1 N–H and O–H groups in total. The highest BCUT2D eigenvalue weighted by atomic mass is 79.9. The lowest BCUT2D eigenvalue weighted by Gasteiger charge is -2.07. The highest BCUT2D eigenvalue weighted by Gasteiger charge is 2.08. The Morgan fingerprint density at radius 3 is 2.57 bits per heavy atom. The number of nitrogens with zero attached hydrogens (tertiary/aromatic N) is 1. The predicted octanol–water partition coefficient (Wildman–Crippen LogP) is 2.70. The number of ether oxygens (including phenoxy) is 1. The van der Waals surface area contributed by atoms with Crippen LogP contribution in [0.2, 0.25) is 0 Å².